The monoisotopic (exact) mass is 314 g/mol. The number of nitrogens with zero attached hydrogens (tertiary/aromatic N) is 2. The van der Waals surface area contributed by atoms with E-state index in [1.54, 1.807) is 35.4 Å². The Bertz CT molecular complexity index is 765. The van der Waals surface area contributed by atoms with Gasteiger partial charge in [-0.05, 0) is 29.8 Å². The zero-order valence-electron chi connectivity index (χ0n) is 12.1. The van der Waals surface area contributed by atoms with Crippen LogP contribution in [0.25, 0.3) is 10.2 Å². The lowest BCUT2D eigenvalue weighted by molar-refractivity contribution is -0.129. The van der Waals surface area contributed by atoms with E-state index >= 15 is 0 Å². The first-order chi connectivity index (χ1) is 10.6. The van der Waals surface area contributed by atoms with Crippen molar-refractivity contribution in [3.05, 3.63) is 64.9 Å². The fraction of sp³-hybridized carbons (Fsp3) is 0.176. The van der Waals surface area contributed by atoms with Crippen LogP contribution in [0, 0.1) is 5.82 Å². The van der Waals surface area contributed by atoms with Crippen molar-refractivity contribution < 1.29 is 9.18 Å². The summed E-state index contributed by atoms with van der Waals surface area (Å²) < 4.78 is 14.0. The molecule has 0 aliphatic rings. The Morgan fingerprint density at radius 3 is 2.64 bits per heavy atom. The van der Waals surface area contributed by atoms with E-state index in [0.717, 1.165) is 20.8 Å². The van der Waals surface area contributed by atoms with E-state index in [4.69, 9.17) is 0 Å². The van der Waals surface area contributed by atoms with Gasteiger partial charge in [0.25, 0.3) is 0 Å². The van der Waals surface area contributed by atoms with Gasteiger partial charge in [-0.2, -0.15) is 0 Å². The molecule has 0 aliphatic carbocycles. The van der Waals surface area contributed by atoms with Gasteiger partial charge in [-0.25, -0.2) is 9.37 Å². The average molecular weight is 314 g/mol. The van der Waals surface area contributed by atoms with E-state index in [1.165, 1.54) is 12.1 Å². The lowest BCUT2D eigenvalue weighted by Gasteiger charge is -2.15. The van der Waals surface area contributed by atoms with Crippen molar-refractivity contribution in [3.8, 4) is 0 Å². The van der Waals surface area contributed by atoms with Gasteiger partial charge in [0.1, 0.15) is 10.8 Å². The molecule has 1 aromatic heterocycles. The summed E-state index contributed by atoms with van der Waals surface area (Å²) in [6, 6.07) is 13.9. The third-order valence-electron chi connectivity index (χ3n) is 3.40. The van der Waals surface area contributed by atoms with Gasteiger partial charge in [-0.15, -0.1) is 11.3 Å². The number of fused-ring (bicyclic) bond motifs is 1. The van der Waals surface area contributed by atoms with Crippen LogP contribution in [-0.4, -0.2) is 22.8 Å². The second kappa shape index (κ2) is 6.23. The fourth-order valence-electron chi connectivity index (χ4n) is 2.19. The predicted molar refractivity (Wildman–Crippen MR) is 86.2 cm³/mol. The highest BCUT2D eigenvalue weighted by Crippen LogP contribution is 2.22. The normalized spacial score (nSPS) is 10.8. The molecule has 112 valence electrons. The number of carbonyl (C=O) groups is 1. The van der Waals surface area contributed by atoms with Gasteiger partial charge in [0, 0.05) is 7.05 Å². The summed E-state index contributed by atoms with van der Waals surface area (Å²) in [5.74, 6) is -0.301. The van der Waals surface area contributed by atoms with Crippen LogP contribution in [-0.2, 0) is 17.8 Å². The van der Waals surface area contributed by atoms with E-state index in [9.17, 15) is 9.18 Å². The molecule has 0 fully saturated rings. The molecule has 1 amide bonds. The van der Waals surface area contributed by atoms with E-state index in [2.05, 4.69) is 4.98 Å². The molecule has 0 saturated carbocycles. The molecule has 22 heavy (non-hydrogen) atoms. The molecule has 0 radical (unpaired) electrons. The Balaban J connectivity index is 1.66. The van der Waals surface area contributed by atoms with Gasteiger partial charge >= 0.3 is 0 Å². The van der Waals surface area contributed by atoms with Crippen LogP contribution < -0.4 is 0 Å². The maximum atomic E-state index is 12.9. The lowest BCUT2D eigenvalue weighted by Crippen LogP contribution is -2.27. The average Bonchev–Trinajstić information content (AvgIpc) is 2.91. The first kappa shape index (κ1) is 14.7. The number of amides is 1. The van der Waals surface area contributed by atoms with Crippen molar-refractivity contribution in [1.82, 2.24) is 9.88 Å². The number of halogens is 1. The minimum absolute atomic E-state index is 0.00846. The van der Waals surface area contributed by atoms with Crippen LogP contribution in [0.2, 0.25) is 0 Å². The summed E-state index contributed by atoms with van der Waals surface area (Å²) in [4.78, 5) is 18.4. The van der Waals surface area contributed by atoms with Gasteiger partial charge < -0.3 is 4.90 Å². The quantitative estimate of drug-likeness (QED) is 0.736. The number of para-hydroxylation sites is 1. The van der Waals surface area contributed by atoms with Gasteiger partial charge in [-0.3, -0.25) is 4.79 Å². The Labute approximate surface area is 132 Å². The van der Waals surface area contributed by atoms with Gasteiger partial charge in [0.2, 0.25) is 5.91 Å². The highest BCUT2D eigenvalue weighted by atomic mass is 32.1. The number of thiazole rings is 1. The third kappa shape index (κ3) is 3.31. The Hall–Kier alpha value is -2.27. The minimum atomic E-state index is -0.293. The Morgan fingerprint density at radius 1 is 1.18 bits per heavy atom. The summed E-state index contributed by atoms with van der Waals surface area (Å²) in [5, 5.41) is 0.913. The minimum Gasteiger partial charge on any atom is -0.339 e. The maximum absolute atomic E-state index is 12.9. The molecule has 0 atom stereocenters. The SMILES string of the molecule is CN(Cc1nc2ccccc2s1)C(=O)Cc1ccc(F)cc1. The Kier molecular flexibility index (Phi) is 4.15. The van der Waals surface area contributed by atoms with Crippen molar-refractivity contribution in [2.45, 2.75) is 13.0 Å². The molecule has 1 heterocycles. The van der Waals surface area contributed by atoms with Crippen LogP contribution in [0.15, 0.2) is 48.5 Å². The smallest absolute Gasteiger partial charge is 0.227 e. The number of carbonyl (C=O) groups excluding carboxylic acids is 1. The van der Waals surface area contributed by atoms with Crippen LogP contribution >= 0.6 is 11.3 Å². The predicted octanol–water partition coefficient (Wildman–Crippen LogP) is 3.64. The van der Waals surface area contributed by atoms with Gasteiger partial charge in [0.05, 0.1) is 23.2 Å². The summed E-state index contributed by atoms with van der Waals surface area (Å²) in [6.07, 6.45) is 0.266. The van der Waals surface area contributed by atoms with Crippen molar-refractivity contribution in [2.24, 2.45) is 0 Å². The summed E-state index contributed by atoms with van der Waals surface area (Å²) in [6.45, 7) is 0.485. The van der Waals surface area contributed by atoms with E-state index in [-0.39, 0.29) is 18.1 Å². The van der Waals surface area contributed by atoms with Gasteiger partial charge in [0.15, 0.2) is 0 Å². The number of benzene rings is 2. The summed E-state index contributed by atoms with van der Waals surface area (Å²) in [7, 11) is 1.76. The zero-order chi connectivity index (χ0) is 15.5. The van der Waals surface area contributed by atoms with E-state index in [1.807, 2.05) is 24.3 Å². The van der Waals surface area contributed by atoms with Crippen molar-refractivity contribution in [1.29, 1.82) is 0 Å². The standard InChI is InChI=1S/C17H15FN2OS/c1-20(17(21)10-12-6-8-13(18)9-7-12)11-16-19-14-4-2-3-5-15(14)22-16/h2-9H,10-11H2,1H3. The highest BCUT2D eigenvalue weighted by Gasteiger charge is 2.12. The molecular formula is C17H15FN2OS. The van der Waals surface area contributed by atoms with Crippen LogP contribution in [0.5, 0.6) is 0 Å². The van der Waals surface area contributed by atoms with Gasteiger partial charge in [-0.1, -0.05) is 24.3 Å². The molecule has 5 heteroatoms. The number of likely N-dealkylation sites (N-methyl/N-ethyl adjacent to an activating group) is 1. The van der Waals surface area contributed by atoms with Crippen molar-refractivity contribution in [2.75, 3.05) is 7.05 Å². The molecule has 0 aliphatic heterocycles. The maximum Gasteiger partial charge on any atom is 0.227 e. The van der Waals surface area contributed by atoms with Crippen LogP contribution in [0.1, 0.15) is 10.6 Å². The van der Waals surface area contributed by atoms with Crippen molar-refractivity contribution >= 4 is 27.5 Å². The number of hydrogen-bond acceptors (Lipinski definition) is 3. The first-order valence-electron chi connectivity index (χ1n) is 6.94. The fourth-order valence-corrected chi connectivity index (χ4v) is 3.21. The van der Waals surface area contributed by atoms with Crippen molar-refractivity contribution in [3.63, 3.8) is 0 Å². The summed E-state index contributed by atoms with van der Waals surface area (Å²) >= 11 is 1.60. The number of rotatable bonds is 4. The molecule has 3 aromatic rings. The first-order valence-corrected chi connectivity index (χ1v) is 7.76. The molecule has 0 spiro atoms. The molecule has 0 bridgehead atoms. The number of aromatic nitrogens is 1. The van der Waals surface area contributed by atoms with E-state index < -0.39 is 0 Å². The second-order valence-electron chi connectivity index (χ2n) is 5.13. The van der Waals surface area contributed by atoms with E-state index in [0.29, 0.717) is 6.54 Å². The highest BCUT2D eigenvalue weighted by molar-refractivity contribution is 7.18. The van der Waals surface area contributed by atoms with Crippen LogP contribution in [0.3, 0.4) is 0 Å². The molecule has 0 unspecified atom stereocenters. The second-order valence-corrected chi connectivity index (χ2v) is 6.24. The summed E-state index contributed by atoms with van der Waals surface area (Å²) in [5.41, 5.74) is 1.77. The Morgan fingerprint density at radius 2 is 1.91 bits per heavy atom. The largest absolute Gasteiger partial charge is 0.339 e. The van der Waals surface area contributed by atoms with Crippen LogP contribution in [0.4, 0.5) is 4.39 Å². The molecule has 3 nitrogen and oxygen atoms in total. The zero-order valence-corrected chi connectivity index (χ0v) is 12.9. The molecule has 0 N–H and O–H groups in total. The third-order valence-corrected chi connectivity index (χ3v) is 4.43. The molecular weight excluding hydrogens is 299 g/mol. The lowest BCUT2D eigenvalue weighted by atomic mass is 10.1. The number of hydrogen-bond donors (Lipinski definition) is 0. The topological polar surface area (TPSA) is 33.2 Å². The molecule has 3 rings (SSSR count). The molecule has 0 saturated heterocycles. The molecule has 2 aromatic carbocycles.